The van der Waals surface area contributed by atoms with Crippen molar-refractivity contribution in [3.05, 3.63) is 29.3 Å². The van der Waals surface area contributed by atoms with E-state index in [2.05, 4.69) is 65.1 Å². The lowest BCUT2D eigenvalue weighted by atomic mass is 9.49. The Hall–Kier alpha value is -1.27. The van der Waals surface area contributed by atoms with Crippen LogP contribution in [0.4, 0.5) is 0 Å². The van der Waals surface area contributed by atoms with Crippen LogP contribution in [0.3, 0.4) is 0 Å². The summed E-state index contributed by atoms with van der Waals surface area (Å²) in [6.45, 7) is 14.0. The van der Waals surface area contributed by atoms with Gasteiger partial charge < -0.3 is 4.43 Å². The quantitative estimate of drug-likeness (QED) is 0.505. The maximum atomic E-state index is 10.4. The van der Waals surface area contributed by atoms with E-state index in [1.807, 2.05) is 0 Å². The first kappa shape index (κ1) is 20.0. The van der Waals surface area contributed by atoms with Gasteiger partial charge in [-0.2, -0.15) is 5.26 Å². The third-order valence-corrected chi connectivity index (χ3v) is 13.4. The number of nitrogens with zero attached hydrogens (tertiary/aromatic N) is 1. The molecule has 2 saturated carbocycles. The van der Waals surface area contributed by atoms with Crippen molar-refractivity contribution >= 4 is 8.32 Å². The second kappa shape index (κ2) is 6.36. The van der Waals surface area contributed by atoms with Crippen LogP contribution in [0.1, 0.15) is 77.3 Å². The van der Waals surface area contributed by atoms with Crippen LogP contribution in [-0.2, 0) is 11.8 Å². The molecule has 3 aliphatic rings. The number of nitriles is 1. The van der Waals surface area contributed by atoms with Crippen molar-refractivity contribution in [2.24, 2.45) is 17.3 Å². The molecular formula is C25H37NOSi. The van der Waals surface area contributed by atoms with E-state index < -0.39 is 8.32 Å². The lowest BCUT2D eigenvalue weighted by Gasteiger charge is -2.53. The summed E-state index contributed by atoms with van der Waals surface area (Å²) in [6.07, 6.45) is 8.56. The van der Waals surface area contributed by atoms with Gasteiger partial charge in [0.15, 0.2) is 0 Å². The van der Waals surface area contributed by atoms with E-state index in [-0.39, 0.29) is 10.5 Å². The Bertz CT molecular complexity index is 817. The van der Waals surface area contributed by atoms with E-state index in [0.29, 0.717) is 11.3 Å². The minimum atomic E-state index is -1.85. The zero-order chi connectivity index (χ0) is 20.4. The van der Waals surface area contributed by atoms with Crippen molar-refractivity contribution in [2.75, 3.05) is 0 Å². The minimum absolute atomic E-state index is 0.193. The number of fused-ring (bicyclic) bond motifs is 5. The molecule has 0 saturated heterocycles. The fraction of sp³-hybridized carbons (Fsp3) is 0.720. The Morgan fingerprint density at radius 2 is 1.86 bits per heavy atom. The molecule has 0 aromatic heterocycles. The molecule has 2 unspecified atom stereocenters. The smallest absolute Gasteiger partial charge is 0.250 e. The van der Waals surface area contributed by atoms with Gasteiger partial charge >= 0.3 is 0 Å². The van der Waals surface area contributed by atoms with Crippen molar-refractivity contribution in [3.63, 3.8) is 0 Å². The fourth-order valence-electron chi connectivity index (χ4n) is 6.28. The van der Waals surface area contributed by atoms with Gasteiger partial charge in [-0.25, -0.2) is 0 Å². The van der Waals surface area contributed by atoms with E-state index in [0.717, 1.165) is 24.5 Å². The summed E-state index contributed by atoms with van der Waals surface area (Å²) in [4.78, 5) is 0. The molecule has 4 rings (SSSR count). The summed E-state index contributed by atoms with van der Waals surface area (Å²) < 4.78 is 6.58. The zero-order valence-corrected chi connectivity index (χ0v) is 19.7. The highest BCUT2D eigenvalue weighted by Gasteiger charge is 2.57. The highest BCUT2D eigenvalue weighted by atomic mass is 28.4. The van der Waals surface area contributed by atoms with Crippen molar-refractivity contribution in [2.45, 2.75) is 96.2 Å². The number of aryl methyl sites for hydroxylation is 1. The third kappa shape index (κ3) is 2.86. The molecule has 0 spiro atoms. The first-order chi connectivity index (χ1) is 13.0. The molecule has 2 nitrogen and oxygen atoms in total. The molecule has 152 valence electrons. The normalized spacial score (nSPS) is 34.8. The molecule has 0 bridgehead atoms. The van der Waals surface area contributed by atoms with E-state index in [9.17, 15) is 5.26 Å². The van der Waals surface area contributed by atoms with Crippen LogP contribution in [0.15, 0.2) is 18.2 Å². The van der Waals surface area contributed by atoms with Gasteiger partial charge in [-0.1, -0.05) is 40.2 Å². The predicted octanol–water partition coefficient (Wildman–Crippen LogP) is 6.99. The van der Waals surface area contributed by atoms with Crippen LogP contribution in [0.5, 0.6) is 5.75 Å². The predicted molar refractivity (Wildman–Crippen MR) is 118 cm³/mol. The molecule has 1 aromatic rings. The molecular weight excluding hydrogens is 358 g/mol. The summed E-state index contributed by atoms with van der Waals surface area (Å²) in [5.41, 5.74) is 2.91. The van der Waals surface area contributed by atoms with Crippen LogP contribution < -0.4 is 4.43 Å². The number of benzene rings is 1. The van der Waals surface area contributed by atoms with Crippen LogP contribution in [0.25, 0.3) is 0 Å². The van der Waals surface area contributed by atoms with Crippen LogP contribution in [0.2, 0.25) is 18.1 Å². The van der Waals surface area contributed by atoms with Gasteiger partial charge in [-0.05, 0) is 97.2 Å². The van der Waals surface area contributed by atoms with Gasteiger partial charge in [0.05, 0.1) is 11.5 Å². The average molecular weight is 396 g/mol. The monoisotopic (exact) mass is 395 g/mol. The van der Waals surface area contributed by atoms with E-state index in [1.165, 1.54) is 43.2 Å². The van der Waals surface area contributed by atoms with E-state index in [1.54, 1.807) is 0 Å². The summed E-state index contributed by atoms with van der Waals surface area (Å²) in [5, 5.41) is 10.6. The Morgan fingerprint density at radius 3 is 2.54 bits per heavy atom. The first-order valence-corrected chi connectivity index (χ1v) is 14.2. The van der Waals surface area contributed by atoms with Crippen molar-refractivity contribution in [1.82, 2.24) is 0 Å². The molecule has 1 aromatic carbocycles. The maximum Gasteiger partial charge on any atom is 0.250 e. The van der Waals surface area contributed by atoms with Gasteiger partial charge in [0, 0.05) is 0 Å². The molecule has 3 heteroatoms. The lowest BCUT2D eigenvalue weighted by molar-refractivity contribution is 0.0309. The molecule has 28 heavy (non-hydrogen) atoms. The summed E-state index contributed by atoms with van der Waals surface area (Å²) in [7, 11) is -1.85. The fourth-order valence-corrected chi connectivity index (χ4v) is 7.31. The second-order valence-electron chi connectivity index (χ2n) is 11.6. The van der Waals surface area contributed by atoms with Gasteiger partial charge in [0.25, 0.3) is 0 Å². The molecule has 2 fully saturated rings. The SMILES string of the molecule is CC(C)(C)[Si](C)(C)Oc1ccc2c(c1)CCC1C3CCC[C@@]3(C)CC[C@]21C#N. The van der Waals surface area contributed by atoms with Gasteiger partial charge in [-0.3, -0.25) is 0 Å². The average Bonchev–Trinajstić information content (AvgIpc) is 3.01. The second-order valence-corrected chi connectivity index (χ2v) is 16.3. The highest BCUT2D eigenvalue weighted by molar-refractivity contribution is 6.74. The number of hydrogen-bond acceptors (Lipinski definition) is 2. The Kier molecular flexibility index (Phi) is 4.55. The van der Waals surface area contributed by atoms with E-state index in [4.69, 9.17) is 4.43 Å². The minimum Gasteiger partial charge on any atom is -0.543 e. The third-order valence-electron chi connectivity index (χ3n) is 9.03. The Labute approximate surface area is 172 Å². The maximum absolute atomic E-state index is 10.4. The number of hydrogen-bond donors (Lipinski definition) is 0. The van der Waals surface area contributed by atoms with E-state index >= 15 is 0 Å². The molecule has 0 heterocycles. The largest absolute Gasteiger partial charge is 0.543 e. The van der Waals surface area contributed by atoms with Crippen LogP contribution in [-0.4, -0.2) is 8.32 Å². The molecule has 0 radical (unpaired) electrons. The highest BCUT2D eigenvalue weighted by Crippen LogP contribution is 2.63. The molecule has 4 atom stereocenters. The van der Waals surface area contributed by atoms with Crippen molar-refractivity contribution in [1.29, 1.82) is 5.26 Å². The summed E-state index contributed by atoms with van der Waals surface area (Å²) >= 11 is 0. The van der Waals surface area contributed by atoms with Crippen LogP contribution >= 0.6 is 0 Å². The van der Waals surface area contributed by atoms with Gasteiger partial charge in [0.2, 0.25) is 8.32 Å². The zero-order valence-electron chi connectivity index (χ0n) is 18.7. The molecule has 0 amide bonds. The van der Waals surface area contributed by atoms with Gasteiger partial charge in [0.1, 0.15) is 5.75 Å². The molecule has 0 aliphatic heterocycles. The Balaban J connectivity index is 1.69. The molecule has 0 N–H and O–H groups in total. The Morgan fingerprint density at radius 1 is 1.11 bits per heavy atom. The molecule has 3 aliphatic carbocycles. The summed E-state index contributed by atoms with van der Waals surface area (Å²) in [6, 6.07) is 9.55. The van der Waals surface area contributed by atoms with Crippen LogP contribution in [0, 0.1) is 28.6 Å². The number of rotatable bonds is 2. The van der Waals surface area contributed by atoms with Crippen molar-refractivity contribution in [3.8, 4) is 11.8 Å². The van der Waals surface area contributed by atoms with Crippen molar-refractivity contribution < 1.29 is 4.43 Å². The lowest BCUT2D eigenvalue weighted by Crippen LogP contribution is -2.50. The summed E-state index contributed by atoms with van der Waals surface area (Å²) in [5.74, 6) is 2.29. The topological polar surface area (TPSA) is 33.0 Å². The van der Waals surface area contributed by atoms with Gasteiger partial charge in [-0.15, -0.1) is 0 Å². The first-order valence-electron chi connectivity index (χ1n) is 11.3. The standard InChI is InChI=1S/C25H37NOSi/c1-23(2,3)28(5,6)27-19-10-12-20-18(16-19)9-11-22-21-8-7-13-24(21,4)14-15-25(20,22)17-26/h10,12,16,21-22H,7-9,11,13-15H2,1-6H3/t21?,22?,24-,25-/m0/s1.